The van der Waals surface area contributed by atoms with E-state index in [4.69, 9.17) is 0 Å². The van der Waals surface area contributed by atoms with Crippen LogP contribution in [0.2, 0.25) is 0 Å². The summed E-state index contributed by atoms with van der Waals surface area (Å²) < 4.78 is 0. The second kappa shape index (κ2) is 4.61. The van der Waals surface area contributed by atoms with Gasteiger partial charge in [0.15, 0.2) is 0 Å². The van der Waals surface area contributed by atoms with E-state index in [9.17, 15) is 4.79 Å². The monoisotopic (exact) mass is 184 g/mol. The van der Waals surface area contributed by atoms with Crippen LogP contribution in [0.4, 0.5) is 0 Å². The van der Waals surface area contributed by atoms with Crippen LogP contribution >= 0.6 is 0 Å². The van der Waals surface area contributed by atoms with Gasteiger partial charge in [0.25, 0.3) is 0 Å². The van der Waals surface area contributed by atoms with E-state index in [1.54, 1.807) is 0 Å². The molecule has 0 aromatic heterocycles. The molecule has 0 N–H and O–H groups in total. The van der Waals surface area contributed by atoms with Crippen LogP contribution < -0.4 is 0 Å². The molecule has 1 saturated heterocycles. The molecular weight excluding hydrogens is 164 g/mol. The van der Waals surface area contributed by atoms with Crippen molar-refractivity contribution in [2.75, 3.05) is 13.1 Å². The van der Waals surface area contributed by atoms with Crippen molar-refractivity contribution in [3.05, 3.63) is 0 Å². The van der Waals surface area contributed by atoms with Gasteiger partial charge in [0.1, 0.15) is 0 Å². The standard InChI is InChI=1S/C10H20N2O/c1-4-6-10(13)12-8-5-7-11(12)9(2)3/h9H,4-8H2,1-3H3. The van der Waals surface area contributed by atoms with Crippen LogP contribution in [0.1, 0.15) is 40.0 Å². The fraction of sp³-hybridized carbons (Fsp3) is 0.900. The van der Waals surface area contributed by atoms with E-state index in [2.05, 4.69) is 18.9 Å². The third-order valence-corrected chi connectivity index (χ3v) is 2.42. The Hall–Kier alpha value is -0.570. The summed E-state index contributed by atoms with van der Waals surface area (Å²) in [7, 11) is 0. The smallest absolute Gasteiger partial charge is 0.236 e. The molecule has 0 bridgehead atoms. The first kappa shape index (κ1) is 10.5. The van der Waals surface area contributed by atoms with Crippen LogP contribution in [0.3, 0.4) is 0 Å². The molecule has 0 radical (unpaired) electrons. The van der Waals surface area contributed by atoms with Crippen molar-refractivity contribution in [2.45, 2.75) is 46.1 Å². The lowest BCUT2D eigenvalue weighted by molar-refractivity contribution is -0.146. The maximum absolute atomic E-state index is 11.6. The lowest BCUT2D eigenvalue weighted by atomic mass is 10.3. The first-order valence-electron chi connectivity index (χ1n) is 5.23. The van der Waals surface area contributed by atoms with Gasteiger partial charge in [-0.25, -0.2) is 5.01 Å². The quantitative estimate of drug-likeness (QED) is 0.665. The molecule has 76 valence electrons. The van der Waals surface area contributed by atoms with Crippen molar-refractivity contribution in [1.29, 1.82) is 0 Å². The zero-order chi connectivity index (χ0) is 9.84. The number of rotatable bonds is 3. The minimum atomic E-state index is 0.286. The van der Waals surface area contributed by atoms with Crippen molar-refractivity contribution >= 4 is 5.91 Å². The Kier molecular flexibility index (Phi) is 3.72. The highest BCUT2D eigenvalue weighted by Crippen LogP contribution is 2.15. The Balaban J connectivity index is 2.52. The molecule has 0 aromatic carbocycles. The zero-order valence-electron chi connectivity index (χ0n) is 8.92. The molecule has 1 aliphatic heterocycles. The third kappa shape index (κ3) is 2.44. The minimum Gasteiger partial charge on any atom is -0.275 e. The van der Waals surface area contributed by atoms with Crippen LogP contribution in [0.15, 0.2) is 0 Å². The van der Waals surface area contributed by atoms with Crippen molar-refractivity contribution in [3.8, 4) is 0 Å². The predicted molar refractivity (Wildman–Crippen MR) is 53.1 cm³/mol. The molecule has 1 fully saturated rings. The first-order chi connectivity index (χ1) is 6.16. The Morgan fingerprint density at radius 2 is 2.08 bits per heavy atom. The molecule has 0 aromatic rings. The largest absolute Gasteiger partial charge is 0.275 e. The van der Waals surface area contributed by atoms with Gasteiger partial charge in [0, 0.05) is 25.6 Å². The summed E-state index contributed by atoms with van der Waals surface area (Å²) in [6.45, 7) is 8.27. The maximum atomic E-state index is 11.6. The van der Waals surface area contributed by atoms with Crippen molar-refractivity contribution in [3.63, 3.8) is 0 Å². The van der Waals surface area contributed by atoms with E-state index in [1.807, 2.05) is 11.9 Å². The summed E-state index contributed by atoms with van der Waals surface area (Å²) in [6.07, 6.45) is 2.75. The highest BCUT2D eigenvalue weighted by atomic mass is 16.2. The van der Waals surface area contributed by atoms with Crippen LogP contribution in [0.5, 0.6) is 0 Å². The second-order valence-corrected chi connectivity index (χ2v) is 3.88. The highest BCUT2D eigenvalue weighted by molar-refractivity contribution is 5.75. The fourth-order valence-electron chi connectivity index (χ4n) is 1.78. The fourth-order valence-corrected chi connectivity index (χ4v) is 1.78. The van der Waals surface area contributed by atoms with Gasteiger partial charge in [-0.1, -0.05) is 6.92 Å². The maximum Gasteiger partial charge on any atom is 0.236 e. The molecule has 3 heteroatoms. The van der Waals surface area contributed by atoms with Crippen molar-refractivity contribution < 1.29 is 4.79 Å². The van der Waals surface area contributed by atoms with E-state index in [0.29, 0.717) is 12.5 Å². The van der Waals surface area contributed by atoms with Crippen LogP contribution in [-0.4, -0.2) is 35.1 Å². The molecule has 0 unspecified atom stereocenters. The third-order valence-electron chi connectivity index (χ3n) is 2.42. The Labute approximate surface area is 80.7 Å². The van der Waals surface area contributed by atoms with E-state index in [0.717, 1.165) is 25.9 Å². The molecule has 0 aliphatic carbocycles. The second-order valence-electron chi connectivity index (χ2n) is 3.88. The summed E-state index contributed by atoms with van der Waals surface area (Å²) in [5, 5.41) is 4.10. The molecule has 3 nitrogen and oxygen atoms in total. The summed E-state index contributed by atoms with van der Waals surface area (Å²) >= 11 is 0. The molecule has 13 heavy (non-hydrogen) atoms. The Morgan fingerprint density at radius 1 is 1.38 bits per heavy atom. The predicted octanol–water partition coefficient (Wildman–Crippen LogP) is 1.64. The van der Waals surface area contributed by atoms with Crippen LogP contribution in [-0.2, 0) is 4.79 Å². The van der Waals surface area contributed by atoms with Gasteiger partial charge in [0.2, 0.25) is 5.91 Å². The number of hydrogen-bond donors (Lipinski definition) is 0. The summed E-state index contributed by atoms with van der Waals surface area (Å²) in [5.41, 5.74) is 0. The van der Waals surface area contributed by atoms with Crippen LogP contribution in [0.25, 0.3) is 0 Å². The van der Waals surface area contributed by atoms with E-state index >= 15 is 0 Å². The van der Waals surface area contributed by atoms with Gasteiger partial charge in [-0.15, -0.1) is 0 Å². The van der Waals surface area contributed by atoms with Gasteiger partial charge in [0.05, 0.1) is 0 Å². The van der Waals surface area contributed by atoms with Crippen molar-refractivity contribution in [2.24, 2.45) is 0 Å². The lowest BCUT2D eigenvalue weighted by Crippen LogP contribution is -2.44. The highest BCUT2D eigenvalue weighted by Gasteiger charge is 2.27. The molecule has 0 spiro atoms. The number of carbonyl (C=O) groups is 1. The molecule has 1 aliphatic rings. The van der Waals surface area contributed by atoms with E-state index in [1.165, 1.54) is 0 Å². The average Bonchev–Trinajstić information content (AvgIpc) is 2.52. The normalized spacial score (nSPS) is 18.6. The number of nitrogens with zero attached hydrogens (tertiary/aromatic N) is 2. The number of carbonyl (C=O) groups excluding carboxylic acids is 1. The molecule has 1 heterocycles. The van der Waals surface area contributed by atoms with Gasteiger partial charge in [-0.2, -0.15) is 0 Å². The van der Waals surface area contributed by atoms with Crippen LogP contribution in [0, 0.1) is 0 Å². The zero-order valence-corrected chi connectivity index (χ0v) is 8.92. The molecular formula is C10H20N2O. The van der Waals surface area contributed by atoms with Gasteiger partial charge >= 0.3 is 0 Å². The molecule has 0 atom stereocenters. The van der Waals surface area contributed by atoms with E-state index < -0.39 is 0 Å². The number of amides is 1. The minimum absolute atomic E-state index is 0.286. The van der Waals surface area contributed by atoms with Crippen molar-refractivity contribution in [1.82, 2.24) is 10.0 Å². The SMILES string of the molecule is CCCC(=O)N1CCCN1C(C)C. The summed E-state index contributed by atoms with van der Waals surface area (Å²) in [6, 6.07) is 0.448. The first-order valence-corrected chi connectivity index (χ1v) is 5.23. The number of hydrazine groups is 1. The van der Waals surface area contributed by atoms with Gasteiger partial charge in [-0.3, -0.25) is 9.80 Å². The average molecular weight is 184 g/mol. The molecule has 1 rings (SSSR count). The number of hydrogen-bond acceptors (Lipinski definition) is 2. The topological polar surface area (TPSA) is 23.6 Å². The summed E-state index contributed by atoms with van der Waals surface area (Å²) in [4.78, 5) is 11.6. The molecule has 0 saturated carbocycles. The summed E-state index contributed by atoms with van der Waals surface area (Å²) in [5.74, 6) is 0.286. The van der Waals surface area contributed by atoms with Gasteiger partial charge < -0.3 is 0 Å². The lowest BCUT2D eigenvalue weighted by Gasteiger charge is -2.31. The van der Waals surface area contributed by atoms with Gasteiger partial charge in [-0.05, 0) is 26.7 Å². The Bertz CT molecular complexity index is 180. The van der Waals surface area contributed by atoms with E-state index in [-0.39, 0.29) is 5.91 Å². The Morgan fingerprint density at radius 3 is 2.62 bits per heavy atom. The molecule has 1 amide bonds.